The summed E-state index contributed by atoms with van der Waals surface area (Å²) in [6.07, 6.45) is 0.819. The smallest absolute Gasteiger partial charge is 0.323 e. The highest BCUT2D eigenvalue weighted by Crippen LogP contribution is 2.26. The Balaban J connectivity index is 1.72. The van der Waals surface area contributed by atoms with E-state index >= 15 is 0 Å². The molecule has 0 saturated carbocycles. The van der Waals surface area contributed by atoms with E-state index in [0.29, 0.717) is 24.9 Å². The van der Waals surface area contributed by atoms with Crippen LogP contribution in [0.5, 0.6) is 0 Å². The molecular weight excluding hydrogens is 558 g/mol. The number of carbonyl (C=O) groups is 7. The number of likely N-dealkylation sites (tertiary alicyclic amines) is 1. The molecule has 2 saturated heterocycles. The van der Waals surface area contributed by atoms with Crippen LogP contribution in [0.1, 0.15) is 46.1 Å². The van der Waals surface area contributed by atoms with Crippen molar-refractivity contribution in [1.29, 1.82) is 0 Å². The number of ketones is 3. The second kappa shape index (κ2) is 14.0. The van der Waals surface area contributed by atoms with E-state index in [0.717, 1.165) is 9.80 Å². The molecule has 2 aliphatic heterocycles. The van der Waals surface area contributed by atoms with E-state index in [1.165, 1.54) is 13.8 Å². The molecule has 3 atom stereocenters. The molecule has 0 bridgehead atoms. The first kappa shape index (κ1) is 33.5. The van der Waals surface area contributed by atoms with Crippen LogP contribution in [0.25, 0.3) is 0 Å². The van der Waals surface area contributed by atoms with Crippen molar-refractivity contribution >= 4 is 41.2 Å². The van der Waals surface area contributed by atoms with Gasteiger partial charge < -0.3 is 20.6 Å². The van der Waals surface area contributed by atoms with Crippen molar-refractivity contribution < 1.29 is 38.7 Å². The van der Waals surface area contributed by atoms with Crippen molar-refractivity contribution in [1.82, 2.24) is 20.0 Å². The van der Waals surface area contributed by atoms with Gasteiger partial charge in [-0.25, -0.2) is 4.79 Å². The summed E-state index contributed by atoms with van der Waals surface area (Å²) in [5.74, 6) is -6.02. The SMILES string of the molecule is CC(C)[C@@H](C(=O)C(=O)Cc1ccccc1)N1CCC[C@H]1C(=O)NC(=O)[C@](N)(C(=O)CN1CCN(CC(=O)O)C1=O)C(C)C. The third-order valence-electron chi connectivity index (χ3n) is 8.16. The van der Waals surface area contributed by atoms with Gasteiger partial charge in [0.1, 0.15) is 6.54 Å². The zero-order valence-corrected chi connectivity index (χ0v) is 25.1. The minimum Gasteiger partial charge on any atom is -0.480 e. The molecule has 0 aliphatic carbocycles. The van der Waals surface area contributed by atoms with E-state index in [4.69, 9.17) is 10.8 Å². The van der Waals surface area contributed by atoms with E-state index in [1.54, 1.807) is 43.0 Å². The molecule has 0 radical (unpaired) electrons. The number of hydrogen-bond donors (Lipinski definition) is 3. The van der Waals surface area contributed by atoms with E-state index in [1.807, 2.05) is 6.07 Å². The maximum Gasteiger partial charge on any atom is 0.323 e. The number of carbonyl (C=O) groups excluding carboxylic acids is 6. The van der Waals surface area contributed by atoms with E-state index < -0.39 is 77.8 Å². The largest absolute Gasteiger partial charge is 0.480 e. The Morgan fingerprint density at radius 1 is 0.977 bits per heavy atom. The van der Waals surface area contributed by atoms with Gasteiger partial charge in [0.15, 0.2) is 11.3 Å². The van der Waals surface area contributed by atoms with Gasteiger partial charge in [0.05, 0.1) is 18.6 Å². The quantitative estimate of drug-likeness (QED) is 0.197. The predicted molar refractivity (Wildman–Crippen MR) is 155 cm³/mol. The van der Waals surface area contributed by atoms with Gasteiger partial charge in [-0.1, -0.05) is 58.0 Å². The zero-order valence-electron chi connectivity index (χ0n) is 25.1. The lowest BCUT2D eigenvalue weighted by atomic mass is 9.82. The number of nitrogens with zero attached hydrogens (tertiary/aromatic N) is 3. The third kappa shape index (κ3) is 7.52. The lowest BCUT2D eigenvalue weighted by Gasteiger charge is -2.35. The third-order valence-corrected chi connectivity index (χ3v) is 8.16. The molecule has 1 aromatic rings. The van der Waals surface area contributed by atoms with Crippen LogP contribution in [0.15, 0.2) is 30.3 Å². The van der Waals surface area contributed by atoms with Gasteiger partial charge in [0.25, 0.3) is 5.91 Å². The average molecular weight is 600 g/mol. The fraction of sp³-hybridized carbons (Fsp3) is 0.567. The molecule has 4 amide bonds. The number of carboxylic acid groups (broad SMARTS) is 1. The second-order valence-electron chi connectivity index (χ2n) is 11.8. The van der Waals surface area contributed by atoms with Crippen LogP contribution in [0.3, 0.4) is 0 Å². The Labute approximate surface area is 250 Å². The second-order valence-corrected chi connectivity index (χ2v) is 11.8. The number of rotatable bonds is 14. The Morgan fingerprint density at radius 2 is 1.58 bits per heavy atom. The molecule has 3 rings (SSSR count). The maximum absolute atomic E-state index is 13.4. The van der Waals surface area contributed by atoms with Crippen LogP contribution in [-0.4, -0.2) is 111 Å². The van der Waals surface area contributed by atoms with Crippen molar-refractivity contribution in [2.45, 2.75) is 64.6 Å². The van der Waals surface area contributed by atoms with Crippen LogP contribution in [0.4, 0.5) is 4.79 Å². The molecule has 2 aliphatic rings. The molecule has 13 heteroatoms. The molecule has 13 nitrogen and oxygen atoms in total. The highest BCUT2D eigenvalue weighted by Gasteiger charge is 2.49. The van der Waals surface area contributed by atoms with Gasteiger partial charge in [0, 0.05) is 19.5 Å². The normalized spacial score (nSPS) is 19.4. The molecule has 234 valence electrons. The van der Waals surface area contributed by atoms with Gasteiger partial charge in [-0.15, -0.1) is 0 Å². The standard InChI is InChI=1S/C30H41N5O8/c1-18(2)25(26(40)22(36)15-20-9-6-5-7-10-20)35-12-8-11-21(35)27(41)32-28(42)30(31,19(3)4)23(37)16-33-13-14-34(29(33)43)17-24(38)39/h5-7,9-10,18-19,21,25H,8,11-17,31H2,1-4H3,(H,38,39)(H,32,41,42)/t21-,25-,30+/m0/s1. The molecular formula is C30H41N5O8. The van der Waals surface area contributed by atoms with Gasteiger partial charge in [-0.2, -0.15) is 0 Å². The molecule has 2 heterocycles. The molecule has 43 heavy (non-hydrogen) atoms. The van der Waals surface area contributed by atoms with Crippen molar-refractivity contribution in [3.8, 4) is 0 Å². The number of imide groups is 1. The number of nitrogens with two attached hydrogens (primary N) is 1. The van der Waals surface area contributed by atoms with Gasteiger partial charge in [-0.3, -0.25) is 39.0 Å². The van der Waals surface area contributed by atoms with Crippen LogP contribution in [-0.2, 0) is 35.2 Å². The summed E-state index contributed by atoms with van der Waals surface area (Å²) in [6.45, 7) is 6.14. The zero-order chi connectivity index (χ0) is 32.1. The minimum absolute atomic E-state index is 0.0636. The Hall–Kier alpha value is -3.97. The topological polar surface area (TPSA) is 187 Å². The molecule has 2 fully saturated rings. The number of urea groups is 1. The molecule has 0 unspecified atom stereocenters. The first-order valence-corrected chi connectivity index (χ1v) is 14.5. The molecule has 0 spiro atoms. The fourth-order valence-electron chi connectivity index (χ4n) is 5.68. The average Bonchev–Trinajstić information content (AvgIpc) is 3.55. The van der Waals surface area contributed by atoms with Gasteiger partial charge in [0.2, 0.25) is 17.5 Å². The van der Waals surface area contributed by atoms with E-state index in [-0.39, 0.29) is 25.4 Å². The van der Waals surface area contributed by atoms with Crippen molar-refractivity contribution in [2.24, 2.45) is 17.6 Å². The lowest BCUT2D eigenvalue weighted by Crippen LogP contribution is -2.67. The number of benzene rings is 1. The summed E-state index contributed by atoms with van der Waals surface area (Å²) in [6, 6.07) is 6.44. The summed E-state index contributed by atoms with van der Waals surface area (Å²) in [4.78, 5) is 93.9. The highest BCUT2D eigenvalue weighted by atomic mass is 16.4. The monoisotopic (exact) mass is 599 g/mol. The number of carboxylic acids is 1. The van der Waals surface area contributed by atoms with E-state index in [2.05, 4.69) is 5.32 Å². The number of hydrogen-bond acceptors (Lipinski definition) is 9. The Morgan fingerprint density at radius 3 is 2.14 bits per heavy atom. The van der Waals surface area contributed by atoms with Crippen LogP contribution in [0.2, 0.25) is 0 Å². The lowest BCUT2D eigenvalue weighted by molar-refractivity contribution is -0.144. The first-order chi connectivity index (χ1) is 20.2. The van der Waals surface area contributed by atoms with Crippen molar-refractivity contribution in [3.63, 3.8) is 0 Å². The number of aliphatic carboxylic acids is 1. The van der Waals surface area contributed by atoms with Crippen LogP contribution in [0, 0.1) is 11.8 Å². The Kier molecular flexibility index (Phi) is 10.9. The van der Waals surface area contributed by atoms with Gasteiger partial charge >= 0.3 is 12.0 Å². The summed E-state index contributed by atoms with van der Waals surface area (Å²) in [5.41, 5.74) is 4.88. The summed E-state index contributed by atoms with van der Waals surface area (Å²) in [5, 5.41) is 11.3. The van der Waals surface area contributed by atoms with Crippen LogP contribution >= 0.6 is 0 Å². The maximum atomic E-state index is 13.4. The molecule has 1 aromatic carbocycles. The van der Waals surface area contributed by atoms with E-state index in [9.17, 15) is 33.6 Å². The minimum atomic E-state index is -2.17. The molecule has 0 aromatic heterocycles. The number of Topliss-reactive ketones (excluding diaryl/α,β-unsaturated/α-hetero) is 3. The van der Waals surface area contributed by atoms with Crippen LogP contribution < -0.4 is 11.1 Å². The predicted octanol–water partition coefficient (Wildman–Crippen LogP) is 0.244. The Bertz CT molecular complexity index is 1270. The fourth-order valence-corrected chi connectivity index (χ4v) is 5.68. The number of amides is 4. The van der Waals surface area contributed by atoms with Gasteiger partial charge in [-0.05, 0) is 36.8 Å². The van der Waals surface area contributed by atoms with Crippen molar-refractivity contribution in [2.75, 3.05) is 32.7 Å². The highest BCUT2D eigenvalue weighted by molar-refractivity contribution is 6.39. The van der Waals surface area contributed by atoms with Crippen molar-refractivity contribution in [3.05, 3.63) is 35.9 Å². The first-order valence-electron chi connectivity index (χ1n) is 14.5. The summed E-state index contributed by atoms with van der Waals surface area (Å²) >= 11 is 0. The summed E-state index contributed by atoms with van der Waals surface area (Å²) in [7, 11) is 0. The summed E-state index contributed by atoms with van der Waals surface area (Å²) < 4.78 is 0. The molecule has 4 N–H and O–H groups in total. The number of nitrogens with one attached hydrogen (secondary N) is 1.